The predicted molar refractivity (Wildman–Crippen MR) is 156 cm³/mol. The summed E-state index contributed by atoms with van der Waals surface area (Å²) in [5.74, 6) is 1.88. The molecule has 0 bridgehead atoms. The Balaban J connectivity index is 0.00000182. The van der Waals surface area contributed by atoms with Crippen LogP contribution in [0.4, 0.5) is 11.4 Å². The molecule has 2 atom stereocenters. The van der Waals surface area contributed by atoms with Gasteiger partial charge in [-0.15, -0.1) is 23.5 Å². The molecular formula is C29H44Cl2GaN2-2. The summed E-state index contributed by atoms with van der Waals surface area (Å²) in [6.07, 6.45) is 0.952. The van der Waals surface area contributed by atoms with E-state index in [1.165, 1.54) is 33.6 Å². The second-order valence-corrected chi connectivity index (χ2v) is 14.2. The van der Waals surface area contributed by atoms with Gasteiger partial charge in [-0.2, -0.15) is 0 Å². The topological polar surface area (TPSA) is 28.2 Å². The molecule has 5 heteroatoms. The number of hydrogen-bond acceptors (Lipinski definition) is 0. The van der Waals surface area contributed by atoms with Crippen molar-refractivity contribution in [2.24, 2.45) is 0 Å². The molecule has 0 amide bonds. The van der Waals surface area contributed by atoms with Crippen LogP contribution in [0.25, 0.3) is 10.6 Å². The Kier molecular flexibility index (Phi) is 14.2. The maximum absolute atomic E-state index is 5.24. The Morgan fingerprint density at radius 2 is 0.794 bits per heavy atom. The standard InChI is InChI=1S/C29H44N2.2ClH.Ga/c1-18(2)24-13-11-14-25(19(3)4)28(24)30-22(9)17-23(10)31-29-26(20(5)6)15-12-16-27(29)21(7)8;;;/h11-16,18-23H,17H2,1-10H3;2*1H;/q-2;;;+2/p-2. The molecule has 0 spiro atoms. The van der Waals surface area contributed by atoms with Gasteiger partial charge in [-0.3, -0.25) is 0 Å². The number of rotatable bonds is 10. The van der Waals surface area contributed by atoms with Gasteiger partial charge in [-0.25, -0.2) is 0 Å². The van der Waals surface area contributed by atoms with Gasteiger partial charge in [0, 0.05) is 0 Å². The molecule has 2 unspecified atom stereocenters. The molecule has 2 aromatic rings. The van der Waals surface area contributed by atoms with E-state index in [-0.39, 0.29) is 12.1 Å². The number of hydrogen-bond donors (Lipinski definition) is 0. The molecule has 2 nitrogen and oxygen atoms in total. The van der Waals surface area contributed by atoms with Crippen LogP contribution in [-0.2, 0) is 0 Å². The quantitative estimate of drug-likeness (QED) is 0.258. The van der Waals surface area contributed by atoms with Crippen LogP contribution in [-0.4, -0.2) is 27.5 Å². The molecule has 0 aliphatic rings. The van der Waals surface area contributed by atoms with E-state index in [0.717, 1.165) is 6.42 Å². The van der Waals surface area contributed by atoms with Crippen molar-refractivity contribution < 1.29 is 0 Å². The number of halogens is 2. The zero-order chi connectivity index (χ0) is 26.0. The van der Waals surface area contributed by atoms with Gasteiger partial charge in [0.15, 0.2) is 0 Å². The van der Waals surface area contributed by atoms with Gasteiger partial charge in [-0.1, -0.05) is 134 Å². The van der Waals surface area contributed by atoms with Crippen molar-refractivity contribution in [1.29, 1.82) is 0 Å². The zero-order valence-corrected chi connectivity index (χ0v) is 26.8. The maximum atomic E-state index is 5.24. The molecule has 34 heavy (non-hydrogen) atoms. The summed E-state index contributed by atoms with van der Waals surface area (Å²) in [5, 5.41) is 10.5. The van der Waals surface area contributed by atoms with Crippen molar-refractivity contribution in [2.75, 3.05) is 0 Å². The molecule has 0 aliphatic heterocycles. The van der Waals surface area contributed by atoms with Gasteiger partial charge in [0.05, 0.1) is 0 Å². The molecule has 0 saturated heterocycles. The first-order chi connectivity index (χ1) is 15.9. The van der Waals surface area contributed by atoms with Gasteiger partial charge in [0.1, 0.15) is 0 Å². The molecular weight excluding hydrogens is 517 g/mol. The van der Waals surface area contributed by atoms with E-state index in [1.54, 1.807) is 0 Å². The summed E-state index contributed by atoms with van der Waals surface area (Å²) in [6.45, 7) is 22.6. The third-order valence-corrected chi connectivity index (χ3v) is 6.07. The average molecular weight is 561 g/mol. The minimum atomic E-state index is -0.743. The van der Waals surface area contributed by atoms with E-state index in [0.29, 0.717) is 23.7 Å². The fraction of sp³-hybridized carbons (Fsp3) is 0.586. The molecule has 0 aliphatic carbocycles. The molecule has 0 N–H and O–H groups in total. The van der Waals surface area contributed by atoms with E-state index >= 15 is 0 Å². The number of para-hydroxylation sites is 2. The van der Waals surface area contributed by atoms with Crippen LogP contribution in [0.1, 0.15) is 122 Å². The predicted octanol–water partition coefficient (Wildman–Crippen LogP) is 11.1. The van der Waals surface area contributed by atoms with E-state index in [9.17, 15) is 0 Å². The van der Waals surface area contributed by atoms with Crippen LogP contribution in [0, 0.1) is 0 Å². The minimum absolute atomic E-state index is 0.227. The molecule has 0 fully saturated rings. The van der Waals surface area contributed by atoms with Gasteiger partial charge >= 0.3 is 34.7 Å². The van der Waals surface area contributed by atoms with Crippen LogP contribution in [0.5, 0.6) is 0 Å². The SMILES string of the molecule is CC(CC(C)[N-]c1c(C(C)C)cccc1C(C)C)[N-]c1c(C(C)C)cccc1C(C)C.[Cl][Ga][Cl]. The fourth-order valence-corrected chi connectivity index (χ4v) is 4.36. The van der Waals surface area contributed by atoms with Crippen molar-refractivity contribution in [3.8, 4) is 0 Å². The van der Waals surface area contributed by atoms with E-state index < -0.39 is 15.4 Å². The van der Waals surface area contributed by atoms with Crippen LogP contribution in [0.2, 0.25) is 0 Å². The Bertz CT molecular complexity index is 743. The monoisotopic (exact) mass is 559 g/mol. The first-order valence-electron chi connectivity index (χ1n) is 12.6. The molecule has 0 saturated carbocycles. The third-order valence-electron chi connectivity index (χ3n) is 6.07. The van der Waals surface area contributed by atoms with E-state index in [2.05, 4.69) is 106 Å². The third kappa shape index (κ3) is 9.37. The summed E-state index contributed by atoms with van der Waals surface area (Å²) < 4.78 is 0. The Morgan fingerprint density at radius 1 is 0.559 bits per heavy atom. The zero-order valence-electron chi connectivity index (χ0n) is 22.9. The first-order valence-corrected chi connectivity index (χ1v) is 19.0. The molecule has 2 rings (SSSR count). The second-order valence-electron chi connectivity index (χ2n) is 10.5. The number of benzene rings is 2. The molecule has 1 radical (unpaired) electrons. The normalized spacial score (nSPS) is 13.1. The summed E-state index contributed by atoms with van der Waals surface area (Å²) in [7, 11) is 9.84. The summed E-state index contributed by atoms with van der Waals surface area (Å²) in [5.41, 5.74) is 7.84. The Labute approximate surface area is 225 Å². The molecule has 0 aromatic heterocycles. The van der Waals surface area contributed by atoms with E-state index in [1.807, 2.05) is 0 Å². The van der Waals surface area contributed by atoms with Crippen LogP contribution in [0.15, 0.2) is 36.4 Å². The first kappa shape index (κ1) is 31.3. The number of nitrogens with zero attached hydrogens (tertiary/aromatic N) is 2. The summed E-state index contributed by atoms with van der Waals surface area (Å²) in [4.78, 5) is 0. The second kappa shape index (κ2) is 15.4. The summed E-state index contributed by atoms with van der Waals surface area (Å²) in [6, 6.07) is 13.8. The average Bonchev–Trinajstić information content (AvgIpc) is 2.73. The molecule has 0 heterocycles. The van der Waals surface area contributed by atoms with Gasteiger partial charge in [0.25, 0.3) is 0 Å². The van der Waals surface area contributed by atoms with Crippen molar-refractivity contribution >= 4 is 46.1 Å². The van der Waals surface area contributed by atoms with Crippen LogP contribution in [0.3, 0.4) is 0 Å². The van der Waals surface area contributed by atoms with Crippen LogP contribution < -0.4 is 0 Å². The van der Waals surface area contributed by atoms with Crippen molar-refractivity contribution in [1.82, 2.24) is 0 Å². The molecule has 189 valence electrons. The Morgan fingerprint density at radius 3 is 1.00 bits per heavy atom. The Hall–Kier alpha value is -0.744. The van der Waals surface area contributed by atoms with Gasteiger partial charge < -0.3 is 10.6 Å². The van der Waals surface area contributed by atoms with Crippen LogP contribution >= 0.6 is 19.3 Å². The van der Waals surface area contributed by atoms with E-state index in [4.69, 9.17) is 29.9 Å². The van der Waals surface area contributed by atoms with Crippen molar-refractivity contribution in [3.05, 3.63) is 69.3 Å². The van der Waals surface area contributed by atoms with Gasteiger partial charge in [0.2, 0.25) is 0 Å². The van der Waals surface area contributed by atoms with Crippen molar-refractivity contribution in [2.45, 2.75) is 111 Å². The van der Waals surface area contributed by atoms with Gasteiger partial charge in [-0.05, 0) is 23.7 Å². The fourth-order valence-electron chi connectivity index (χ4n) is 4.36. The molecule has 2 aromatic carbocycles. The summed E-state index contributed by atoms with van der Waals surface area (Å²) >= 11 is -0.743. The van der Waals surface area contributed by atoms with Crippen molar-refractivity contribution in [3.63, 3.8) is 0 Å².